The summed E-state index contributed by atoms with van der Waals surface area (Å²) >= 11 is 0. The minimum absolute atomic E-state index is 0.0581. The number of nitrogens with two attached hydrogens (primary N) is 1. The first-order chi connectivity index (χ1) is 7.53. The fourth-order valence-corrected chi connectivity index (χ4v) is 3.05. The van der Waals surface area contributed by atoms with Crippen molar-refractivity contribution >= 4 is 0 Å². The van der Waals surface area contributed by atoms with Crippen LogP contribution in [0.4, 0.5) is 0 Å². The predicted molar refractivity (Wildman–Crippen MR) is 69.4 cm³/mol. The van der Waals surface area contributed by atoms with E-state index in [2.05, 4.69) is 39.0 Å². The Kier molecular flexibility index (Phi) is 3.07. The van der Waals surface area contributed by atoms with Crippen LogP contribution in [0.2, 0.25) is 0 Å². The highest BCUT2D eigenvalue weighted by Gasteiger charge is 2.36. The average molecular weight is 217 g/mol. The second kappa shape index (κ2) is 4.21. The summed E-state index contributed by atoms with van der Waals surface area (Å²) < 4.78 is 0. The van der Waals surface area contributed by atoms with Gasteiger partial charge in [0.15, 0.2) is 0 Å². The van der Waals surface area contributed by atoms with E-state index >= 15 is 0 Å². The van der Waals surface area contributed by atoms with Crippen LogP contribution in [0.15, 0.2) is 18.2 Å². The van der Waals surface area contributed by atoms with E-state index in [4.69, 9.17) is 5.73 Å². The number of hydrogen-bond donors (Lipinski definition) is 1. The van der Waals surface area contributed by atoms with Gasteiger partial charge in [-0.2, -0.15) is 0 Å². The van der Waals surface area contributed by atoms with Crippen molar-refractivity contribution in [1.29, 1.82) is 0 Å². The number of benzene rings is 1. The van der Waals surface area contributed by atoms with Crippen LogP contribution in [0.25, 0.3) is 0 Å². The van der Waals surface area contributed by atoms with Gasteiger partial charge in [-0.25, -0.2) is 0 Å². The summed E-state index contributed by atoms with van der Waals surface area (Å²) in [6.45, 7) is 6.59. The third-order valence-electron chi connectivity index (χ3n) is 4.03. The Morgan fingerprint density at radius 3 is 2.38 bits per heavy atom. The van der Waals surface area contributed by atoms with Crippen LogP contribution in [0.3, 0.4) is 0 Å². The minimum Gasteiger partial charge on any atom is -0.321 e. The molecule has 0 amide bonds. The molecule has 16 heavy (non-hydrogen) atoms. The number of hydrogen-bond acceptors (Lipinski definition) is 1. The normalized spacial score (nSPS) is 29.6. The van der Waals surface area contributed by atoms with Gasteiger partial charge in [0.25, 0.3) is 0 Å². The summed E-state index contributed by atoms with van der Waals surface area (Å²) in [5.74, 6) is 0.825. The van der Waals surface area contributed by atoms with E-state index < -0.39 is 0 Å². The van der Waals surface area contributed by atoms with Crippen molar-refractivity contribution < 1.29 is 0 Å². The summed E-state index contributed by atoms with van der Waals surface area (Å²) in [7, 11) is 0. The molecule has 1 heteroatoms. The van der Waals surface area contributed by atoms with E-state index in [1.165, 1.54) is 29.5 Å². The topological polar surface area (TPSA) is 26.0 Å². The fourth-order valence-electron chi connectivity index (χ4n) is 3.05. The zero-order valence-electron chi connectivity index (χ0n) is 10.7. The maximum atomic E-state index is 6.58. The van der Waals surface area contributed by atoms with Gasteiger partial charge in [-0.05, 0) is 44.6 Å². The first-order valence-electron chi connectivity index (χ1n) is 6.41. The van der Waals surface area contributed by atoms with Gasteiger partial charge in [-0.1, -0.05) is 42.7 Å². The molecule has 2 atom stereocenters. The highest BCUT2D eigenvalue weighted by molar-refractivity contribution is 5.34. The number of rotatable bonds is 2. The van der Waals surface area contributed by atoms with Gasteiger partial charge in [0.1, 0.15) is 0 Å². The SMILES string of the molecule is CCC1CCC(N)(c2cc(C)cc(C)c2)C1. The molecule has 1 nitrogen and oxygen atoms in total. The molecule has 0 radical (unpaired) electrons. The summed E-state index contributed by atoms with van der Waals surface area (Å²) in [5, 5.41) is 0. The van der Waals surface area contributed by atoms with Gasteiger partial charge in [-0.3, -0.25) is 0 Å². The zero-order chi connectivity index (χ0) is 11.8. The van der Waals surface area contributed by atoms with Crippen molar-refractivity contribution in [1.82, 2.24) is 0 Å². The second-order valence-electron chi connectivity index (χ2n) is 5.55. The molecule has 1 saturated carbocycles. The highest BCUT2D eigenvalue weighted by Crippen LogP contribution is 2.41. The lowest BCUT2D eigenvalue weighted by Gasteiger charge is -2.26. The van der Waals surface area contributed by atoms with E-state index in [1.54, 1.807) is 0 Å². The van der Waals surface area contributed by atoms with Crippen LogP contribution in [-0.4, -0.2) is 0 Å². The van der Waals surface area contributed by atoms with Gasteiger partial charge < -0.3 is 5.73 Å². The lowest BCUT2D eigenvalue weighted by molar-refractivity contribution is 0.424. The molecule has 1 aromatic rings. The highest BCUT2D eigenvalue weighted by atomic mass is 14.8. The van der Waals surface area contributed by atoms with Crippen LogP contribution in [0, 0.1) is 19.8 Å². The minimum atomic E-state index is -0.0581. The standard InChI is InChI=1S/C15H23N/c1-4-13-5-6-15(16,10-13)14-8-11(2)7-12(3)9-14/h7-9,13H,4-6,10,16H2,1-3H3. The maximum absolute atomic E-state index is 6.58. The lowest BCUT2D eigenvalue weighted by Crippen LogP contribution is -2.33. The van der Waals surface area contributed by atoms with Crippen LogP contribution in [0.1, 0.15) is 49.3 Å². The van der Waals surface area contributed by atoms with Gasteiger partial charge >= 0.3 is 0 Å². The molecule has 1 aromatic carbocycles. The van der Waals surface area contributed by atoms with Crippen molar-refractivity contribution in [3.05, 3.63) is 34.9 Å². The molecule has 0 saturated heterocycles. The quantitative estimate of drug-likeness (QED) is 0.803. The first-order valence-corrected chi connectivity index (χ1v) is 6.41. The smallest absolute Gasteiger partial charge is 0.0412 e. The van der Waals surface area contributed by atoms with Crippen molar-refractivity contribution in [3.63, 3.8) is 0 Å². The fraction of sp³-hybridized carbons (Fsp3) is 0.600. The molecule has 0 aromatic heterocycles. The van der Waals surface area contributed by atoms with E-state index in [1.807, 2.05) is 0 Å². The summed E-state index contributed by atoms with van der Waals surface area (Å²) in [6.07, 6.45) is 4.87. The van der Waals surface area contributed by atoms with E-state index in [0.717, 1.165) is 18.8 Å². The first kappa shape index (κ1) is 11.7. The molecule has 1 aliphatic rings. The van der Waals surface area contributed by atoms with Crippen LogP contribution in [-0.2, 0) is 5.54 Å². The van der Waals surface area contributed by atoms with Crippen molar-refractivity contribution in [2.24, 2.45) is 11.7 Å². The van der Waals surface area contributed by atoms with Crippen LogP contribution < -0.4 is 5.73 Å². The van der Waals surface area contributed by atoms with Gasteiger partial charge in [0.2, 0.25) is 0 Å². The molecule has 0 aliphatic heterocycles. The van der Waals surface area contributed by atoms with E-state index in [9.17, 15) is 0 Å². The van der Waals surface area contributed by atoms with Crippen molar-refractivity contribution in [2.75, 3.05) is 0 Å². The summed E-state index contributed by atoms with van der Waals surface area (Å²) in [6, 6.07) is 6.76. The Morgan fingerprint density at radius 2 is 1.88 bits per heavy atom. The molecule has 0 bridgehead atoms. The summed E-state index contributed by atoms with van der Waals surface area (Å²) in [4.78, 5) is 0. The molecular formula is C15H23N. The molecule has 2 unspecified atom stereocenters. The average Bonchev–Trinajstić information content (AvgIpc) is 2.60. The van der Waals surface area contributed by atoms with Crippen molar-refractivity contribution in [2.45, 2.75) is 52.0 Å². The van der Waals surface area contributed by atoms with Crippen LogP contribution >= 0.6 is 0 Å². The second-order valence-corrected chi connectivity index (χ2v) is 5.55. The van der Waals surface area contributed by atoms with E-state index in [-0.39, 0.29) is 5.54 Å². The molecule has 2 N–H and O–H groups in total. The van der Waals surface area contributed by atoms with Gasteiger partial charge in [0, 0.05) is 5.54 Å². The molecule has 0 heterocycles. The molecule has 2 rings (SSSR count). The molecule has 1 aliphatic carbocycles. The Labute approximate surface area is 99.0 Å². The third kappa shape index (κ3) is 2.15. The molecule has 88 valence electrons. The summed E-state index contributed by atoms with van der Waals surface area (Å²) in [5.41, 5.74) is 10.5. The third-order valence-corrected chi connectivity index (χ3v) is 4.03. The molecule has 1 fully saturated rings. The Bertz CT molecular complexity index is 363. The molecule has 0 spiro atoms. The largest absolute Gasteiger partial charge is 0.321 e. The Balaban J connectivity index is 2.29. The van der Waals surface area contributed by atoms with E-state index in [0.29, 0.717) is 0 Å². The van der Waals surface area contributed by atoms with Crippen LogP contribution in [0.5, 0.6) is 0 Å². The van der Waals surface area contributed by atoms with Crippen molar-refractivity contribution in [3.8, 4) is 0 Å². The van der Waals surface area contributed by atoms with Gasteiger partial charge in [-0.15, -0.1) is 0 Å². The zero-order valence-corrected chi connectivity index (χ0v) is 10.7. The predicted octanol–water partition coefficient (Wildman–Crippen LogP) is 3.67. The molecular weight excluding hydrogens is 194 g/mol. The Morgan fingerprint density at radius 1 is 1.25 bits per heavy atom. The monoisotopic (exact) mass is 217 g/mol. The lowest BCUT2D eigenvalue weighted by atomic mass is 9.86. The Hall–Kier alpha value is -0.820. The maximum Gasteiger partial charge on any atom is 0.0412 e. The van der Waals surface area contributed by atoms with Gasteiger partial charge in [0.05, 0.1) is 0 Å². The number of aryl methyl sites for hydroxylation is 2.